The highest BCUT2D eigenvalue weighted by Crippen LogP contribution is 2.23. The molecule has 7 nitrogen and oxygen atoms in total. The maximum atomic E-state index is 13.2. The fraction of sp³-hybridized carbons (Fsp3) is 0.762. The number of aliphatic carboxylic acids is 1. The minimum Gasteiger partial charge on any atom is -0.478 e. The molecule has 0 saturated heterocycles. The number of hydrogen-bond donors (Lipinski definition) is 2. The van der Waals surface area contributed by atoms with Gasteiger partial charge in [-0.1, -0.05) is 46.6 Å². The summed E-state index contributed by atoms with van der Waals surface area (Å²) in [6.07, 6.45) is 3.37. The largest absolute Gasteiger partial charge is 0.478 e. The summed E-state index contributed by atoms with van der Waals surface area (Å²) >= 11 is 0. The zero-order valence-electron chi connectivity index (χ0n) is 18.9. The third kappa shape index (κ3) is 9.24. The maximum Gasteiger partial charge on any atom is 0.408 e. The van der Waals surface area contributed by atoms with Crippen LogP contribution in [0.5, 0.6) is 0 Å². The molecular formula is C21H38N2O5. The minimum atomic E-state index is -1.01. The summed E-state index contributed by atoms with van der Waals surface area (Å²) in [4.78, 5) is 38.2. The van der Waals surface area contributed by atoms with E-state index in [1.165, 1.54) is 11.8 Å². The summed E-state index contributed by atoms with van der Waals surface area (Å²) in [6.45, 7) is 14.4. The Labute approximate surface area is 169 Å². The molecule has 0 bridgehead atoms. The molecule has 0 fully saturated rings. The molecule has 0 aliphatic rings. The Morgan fingerprint density at radius 2 is 1.68 bits per heavy atom. The number of nitrogens with one attached hydrogen (secondary N) is 1. The fourth-order valence-corrected chi connectivity index (χ4v) is 2.60. The summed E-state index contributed by atoms with van der Waals surface area (Å²) in [7, 11) is 1.64. The van der Waals surface area contributed by atoms with Gasteiger partial charge in [-0.15, -0.1) is 0 Å². The summed E-state index contributed by atoms with van der Waals surface area (Å²) in [5.41, 5.74) is -1.04. The Bertz CT molecular complexity index is 585. The van der Waals surface area contributed by atoms with Crippen molar-refractivity contribution in [1.82, 2.24) is 10.2 Å². The first-order valence-corrected chi connectivity index (χ1v) is 9.78. The van der Waals surface area contributed by atoms with Crippen molar-refractivity contribution in [3.05, 3.63) is 11.6 Å². The molecule has 0 aromatic carbocycles. The van der Waals surface area contributed by atoms with E-state index in [1.54, 1.807) is 33.9 Å². The van der Waals surface area contributed by atoms with E-state index in [0.29, 0.717) is 6.42 Å². The van der Waals surface area contributed by atoms with Gasteiger partial charge < -0.3 is 20.1 Å². The van der Waals surface area contributed by atoms with Gasteiger partial charge in [-0.3, -0.25) is 4.79 Å². The molecule has 2 amide bonds. The van der Waals surface area contributed by atoms with Crippen LogP contribution < -0.4 is 5.32 Å². The van der Waals surface area contributed by atoms with E-state index >= 15 is 0 Å². The number of rotatable bonds is 8. The zero-order valence-corrected chi connectivity index (χ0v) is 18.9. The van der Waals surface area contributed by atoms with Gasteiger partial charge in [-0.05, 0) is 39.5 Å². The predicted molar refractivity (Wildman–Crippen MR) is 110 cm³/mol. The highest BCUT2D eigenvalue weighted by molar-refractivity contribution is 5.88. The number of ether oxygens (including phenoxy) is 1. The first-order valence-electron chi connectivity index (χ1n) is 9.78. The van der Waals surface area contributed by atoms with Crippen LogP contribution in [-0.4, -0.2) is 52.7 Å². The summed E-state index contributed by atoms with van der Waals surface area (Å²) in [5, 5.41) is 11.9. The topological polar surface area (TPSA) is 95.9 Å². The predicted octanol–water partition coefficient (Wildman–Crippen LogP) is 3.97. The average Bonchev–Trinajstić information content (AvgIpc) is 2.52. The zero-order chi connectivity index (χ0) is 22.3. The summed E-state index contributed by atoms with van der Waals surface area (Å²) < 4.78 is 5.30. The van der Waals surface area contributed by atoms with Crippen LogP contribution in [0.15, 0.2) is 11.6 Å². The molecule has 0 aromatic heterocycles. The highest BCUT2D eigenvalue weighted by atomic mass is 16.6. The molecule has 0 saturated carbocycles. The number of carboxylic acids is 1. The van der Waals surface area contributed by atoms with Crippen molar-refractivity contribution in [2.24, 2.45) is 5.41 Å². The second kappa shape index (κ2) is 10.5. The maximum absolute atomic E-state index is 13.2. The first-order chi connectivity index (χ1) is 12.6. The van der Waals surface area contributed by atoms with Gasteiger partial charge in [0.05, 0.1) is 6.04 Å². The van der Waals surface area contributed by atoms with E-state index in [1.807, 2.05) is 27.7 Å². The van der Waals surface area contributed by atoms with Crippen LogP contribution in [0.1, 0.15) is 74.7 Å². The molecule has 0 heterocycles. The fourth-order valence-electron chi connectivity index (χ4n) is 2.60. The van der Waals surface area contributed by atoms with Crippen molar-refractivity contribution >= 4 is 18.0 Å². The molecular weight excluding hydrogens is 360 g/mol. The van der Waals surface area contributed by atoms with Crippen molar-refractivity contribution in [3.8, 4) is 0 Å². The Morgan fingerprint density at radius 3 is 2.07 bits per heavy atom. The van der Waals surface area contributed by atoms with E-state index in [2.05, 4.69) is 5.32 Å². The van der Waals surface area contributed by atoms with Gasteiger partial charge in [0, 0.05) is 12.6 Å². The molecule has 162 valence electrons. The molecule has 0 unspecified atom stereocenters. The lowest BCUT2D eigenvalue weighted by atomic mass is 9.85. The van der Waals surface area contributed by atoms with Gasteiger partial charge in [-0.2, -0.15) is 0 Å². The molecule has 2 N–H and O–H groups in total. The van der Waals surface area contributed by atoms with Crippen LogP contribution in [0.4, 0.5) is 4.79 Å². The van der Waals surface area contributed by atoms with E-state index in [-0.39, 0.29) is 17.5 Å². The number of carbonyl (C=O) groups is 3. The van der Waals surface area contributed by atoms with Crippen molar-refractivity contribution in [2.45, 2.75) is 92.3 Å². The van der Waals surface area contributed by atoms with E-state index < -0.39 is 29.1 Å². The van der Waals surface area contributed by atoms with Crippen LogP contribution >= 0.6 is 0 Å². The SMILES string of the molecule is CCCC[C@@H](/C=C(\C)C(=O)O)N(C)C(=O)[C@@H](NC(=O)OC(C)(C)C)C(C)(C)C. The van der Waals surface area contributed by atoms with Gasteiger partial charge in [0.2, 0.25) is 5.91 Å². The Morgan fingerprint density at radius 1 is 1.14 bits per heavy atom. The third-order valence-electron chi connectivity index (χ3n) is 4.25. The number of nitrogens with zero attached hydrogens (tertiary/aromatic N) is 1. The molecule has 2 atom stereocenters. The monoisotopic (exact) mass is 398 g/mol. The van der Waals surface area contributed by atoms with Gasteiger partial charge in [-0.25, -0.2) is 9.59 Å². The number of unbranched alkanes of at least 4 members (excludes halogenated alkanes) is 1. The van der Waals surface area contributed by atoms with Crippen molar-refractivity contribution in [3.63, 3.8) is 0 Å². The summed E-state index contributed by atoms with van der Waals surface area (Å²) in [5.74, 6) is -1.30. The van der Waals surface area contributed by atoms with Crippen molar-refractivity contribution in [2.75, 3.05) is 7.05 Å². The lowest BCUT2D eigenvalue weighted by Gasteiger charge is -2.36. The normalized spacial score (nSPS) is 14.8. The molecule has 0 spiro atoms. The molecule has 7 heteroatoms. The van der Waals surface area contributed by atoms with Crippen LogP contribution in [-0.2, 0) is 14.3 Å². The number of alkyl carbamates (subject to hydrolysis) is 1. The van der Waals surface area contributed by atoms with Crippen LogP contribution in [0.2, 0.25) is 0 Å². The number of hydrogen-bond acceptors (Lipinski definition) is 4. The highest BCUT2D eigenvalue weighted by Gasteiger charge is 2.37. The van der Waals surface area contributed by atoms with Crippen molar-refractivity contribution < 1.29 is 24.2 Å². The summed E-state index contributed by atoms with van der Waals surface area (Å²) in [6, 6.07) is -1.18. The Hall–Kier alpha value is -2.05. The van der Waals surface area contributed by atoms with Gasteiger partial charge in [0.25, 0.3) is 0 Å². The molecule has 0 radical (unpaired) electrons. The lowest BCUT2D eigenvalue weighted by molar-refractivity contribution is -0.136. The Kier molecular flexibility index (Phi) is 9.71. The third-order valence-corrected chi connectivity index (χ3v) is 4.25. The average molecular weight is 399 g/mol. The smallest absolute Gasteiger partial charge is 0.408 e. The van der Waals surface area contributed by atoms with E-state index in [4.69, 9.17) is 4.74 Å². The van der Waals surface area contributed by atoms with E-state index in [9.17, 15) is 19.5 Å². The van der Waals surface area contributed by atoms with Gasteiger partial charge in [0.15, 0.2) is 0 Å². The molecule has 0 aliphatic heterocycles. The second-order valence-corrected chi connectivity index (χ2v) is 9.26. The Balaban J connectivity index is 5.64. The minimum absolute atomic E-state index is 0.188. The van der Waals surface area contributed by atoms with Gasteiger partial charge >= 0.3 is 12.1 Å². The molecule has 0 aliphatic carbocycles. The van der Waals surface area contributed by atoms with Crippen molar-refractivity contribution in [1.29, 1.82) is 0 Å². The van der Waals surface area contributed by atoms with Gasteiger partial charge in [0.1, 0.15) is 11.6 Å². The number of amides is 2. The number of likely N-dealkylation sites (N-methyl/N-ethyl adjacent to an activating group) is 1. The molecule has 0 rings (SSSR count). The van der Waals surface area contributed by atoms with Crippen LogP contribution in [0.3, 0.4) is 0 Å². The number of carbonyl (C=O) groups excluding carboxylic acids is 2. The van der Waals surface area contributed by atoms with Crippen LogP contribution in [0.25, 0.3) is 0 Å². The number of carboxylic acid groups (broad SMARTS) is 1. The first kappa shape index (κ1) is 26.0. The molecule has 0 aromatic rings. The standard InChI is InChI=1S/C21H38N2O5/c1-10-11-12-15(13-14(2)18(25)26)23(9)17(24)16(20(3,4)5)22-19(27)28-21(6,7)8/h13,15-16H,10-12H2,1-9H3,(H,22,27)(H,25,26)/b14-13+/t15-,16+/m0/s1. The lowest BCUT2D eigenvalue weighted by Crippen LogP contribution is -2.56. The van der Waals surface area contributed by atoms with Crippen LogP contribution in [0, 0.1) is 5.41 Å². The second-order valence-electron chi connectivity index (χ2n) is 9.26. The van der Waals surface area contributed by atoms with E-state index in [0.717, 1.165) is 12.8 Å². The quantitative estimate of drug-likeness (QED) is 0.603. The molecule has 28 heavy (non-hydrogen) atoms.